The molecule has 0 atom stereocenters. The summed E-state index contributed by atoms with van der Waals surface area (Å²) in [6.07, 6.45) is 0. The molecule has 0 saturated carbocycles. The molecule has 2 rings (SSSR count). The maximum Gasteiger partial charge on any atom is 0.323 e. The molecule has 21 heavy (non-hydrogen) atoms. The van der Waals surface area contributed by atoms with E-state index in [9.17, 15) is 4.79 Å². The SMILES string of the molecule is C/C(=N\O)c1ccccc1NC(=O)Nc1ccc(Cl)cc1. The topological polar surface area (TPSA) is 73.7 Å². The molecule has 0 bridgehead atoms. The molecule has 0 aliphatic rings. The van der Waals surface area contributed by atoms with E-state index in [2.05, 4.69) is 15.8 Å². The third kappa shape index (κ3) is 3.97. The summed E-state index contributed by atoms with van der Waals surface area (Å²) in [5, 5.41) is 18.0. The number of hydrogen-bond donors (Lipinski definition) is 3. The monoisotopic (exact) mass is 303 g/mol. The smallest absolute Gasteiger partial charge is 0.323 e. The number of urea groups is 1. The number of nitrogens with one attached hydrogen (secondary N) is 2. The summed E-state index contributed by atoms with van der Waals surface area (Å²) in [5.74, 6) is 0. The molecule has 0 fully saturated rings. The third-order valence-corrected chi connectivity index (χ3v) is 3.07. The number of amides is 2. The Kier molecular flexibility index (Phi) is 4.79. The normalized spacial score (nSPS) is 11.0. The first kappa shape index (κ1) is 14.9. The largest absolute Gasteiger partial charge is 0.411 e. The van der Waals surface area contributed by atoms with E-state index in [0.29, 0.717) is 27.7 Å². The summed E-state index contributed by atoms with van der Waals surface area (Å²) < 4.78 is 0. The minimum atomic E-state index is -0.393. The van der Waals surface area contributed by atoms with Crippen molar-refractivity contribution in [1.82, 2.24) is 0 Å². The van der Waals surface area contributed by atoms with Gasteiger partial charge in [-0.2, -0.15) is 0 Å². The first-order chi connectivity index (χ1) is 10.1. The number of carbonyl (C=O) groups excluding carboxylic acids is 1. The maximum absolute atomic E-state index is 12.0. The Morgan fingerprint density at radius 3 is 2.43 bits per heavy atom. The second kappa shape index (κ2) is 6.76. The zero-order valence-electron chi connectivity index (χ0n) is 11.3. The van der Waals surface area contributed by atoms with E-state index in [1.807, 2.05) is 0 Å². The lowest BCUT2D eigenvalue weighted by atomic mass is 10.1. The molecule has 5 nitrogen and oxygen atoms in total. The van der Waals surface area contributed by atoms with Gasteiger partial charge in [0.15, 0.2) is 0 Å². The molecule has 2 aromatic rings. The number of anilines is 2. The predicted octanol–water partition coefficient (Wildman–Crippen LogP) is 4.18. The van der Waals surface area contributed by atoms with Gasteiger partial charge in [0.2, 0.25) is 0 Å². The average molecular weight is 304 g/mol. The predicted molar refractivity (Wildman–Crippen MR) is 84.5 cm³/mol. The van der Waals surface area contributed by atoms with Crippen molar-refractivity contribution in [2.24, 2.45) is 5.16 Å². The fraction of sp³-hybridized carbons (Fsp3) is 0.0667. The van der Waals surface area contributed by atoms with Gasteiger partial charge in [-0.25, -0.2) is 4.79 Å². The second-order valence-corrected chi connectivity index (χ2v) is 4.75. The highest BCUT2D eigenvalue weighted by atomic mass is 35.5. The fourth-order valence-electron chi connectivity index (χ4n) is 1.78. The highest BCUT2D eigenvalue weighted by molar-refractivity contribution is 6.30. The summed E-state index contributed by atoms with van der Waals surface area (Å²) in [5.41, 5.74) is 2.24. The van der Waals surface area contributed by atoms with E-state index in [1.165, 1.54) is 0 Å². The highest BCUT2D eigenvalue weighted by Gasteiger charge is 2.09. The molecule has 0 aliphatic carbocycles. The van der Waals surface area contributed by atoms with E-state index >= 15 is 0 Å². The molecule has 0 heterocycles. The minimum Gasteiger partial charge on any atom is -0.411 e. The molecule has 0 saturated heterocycles. The van der Waals surface area contributed by atoms with Crippen LogP contribution < -0.4 is 10.6 Å². The Bertz CT molecular complexity index is 669. The quantitative estimate of drug-likeness (QED) is 0.452. The van der Waals surface area contributed by atoms with Gasteiger partial charge in [0.25, 0.3) is 0 Å². The highest BCUT2D eigenvalue weighted by Crippen LogP contribution is 2.17. The van der Waals surface area contributed by atoms with Gasteiger partial charge in [-0.05, 0) is 37.3 Å². The maximum atomic E-state index is 12.0. The fourth-order valence-corrected chi connectivity index (χ4v) is 1.91. The first-order valence-electron chi connectivity index (χ1n) is 6.22. The van der Waals surface area contributed by atoms with Gasteiger partial charge in [0.1, 0.15) is 0 Å². The Hall–Kier alpha value is -2.53. The van der Waals surface area contributed by atoms with Crippen LogP contribution in [0, 0.1) is 0 Å². The molecule has 0 unspecified atom stereocenters. The lowest BCUT2D eigenvalue weighted by molar-refractivity contribution is 0.262. The molecule has 108 valence electrons. The second-order valence-electron chi connectivity index (χ2n) is 4.32. The van der Waals surface area contributed by atoms with Gasteiger partial charge in [-0.1, -0.05) is 35.0 Å². The third-order valence-electron chi connectivity index (χ3n) is 2.82. The summed E-state index contributed by atoms with van der Waals surface area (Å²) in [4.78, 5) is 12.0. The summed E-state index contributed by atoms with van der Waals surface area (Å²) in [7, 11) is 0. The first-order valence-corrected chi connectivity index (χ1v) is 6.59. The van der Waals surface area contributed by atoms with Crippen molar-refractivity contribution in [2.75, 3.05) is 10.6 Å². The minimum absolute atomic E-state index is 0.393. The average Bonchev–Trinajstić information content (AvgIpc) is 2.49. The van der Waals surface area contributed by atoms with Crippen LogP contribution in [0.2, 0.25) is 5.02 Å². The van der Waals surface area contributed by atoms with Crippen molar-refractivity contribution in [1.29, 1.82) is 0 Å². The van der Waals surface area contributed by atoms with Crippen molar-refractivity contribution < 1.29 is 10.0 Å². The number of hydrogen-bond acceptors (Lipinski definition) is 3. The molecule has 2 aromatic carbocycles. The van der Waals surface area contributed by atoms with Gasteiger partial charge in [0, 0.05) is 16.3 Å². The number of halogens is 1. The summed E-state index contributed by atoms with van der Waals surface area (Å²) in [6.45, 7) is 1.65. The van der Waals surface area contributed by atoms with Crippen molar-refractivity contribution in [3.05, 3.63) is 59.1 Å². The lowest BCUT2D eigenvalue weighted by Gasteiger charge is -2.11. The van der Waals surface area contributed by atoms with Crippen LogP contribution >= 0.6 is 11.6 Å². The van der Waals surface area contributed by atoms with Gasteiger partial charge >= 0.3 is 6.03 Å². The molecular weight excluding hydrogens is 290 g/mol. The number of carbonyl (C=O) groups is 1. The van der Waals surface area contributed by atoms with Crippen molar-refractivity contribution in [3.63, 3.8) is 0 Å². The van der Waals surface area contributed by atoms with Crippen LogP contribution in [0.15, 0.2) is 53.7 Å². The molecule has 0 radical (unpaired) electrons. The number of nitrogens with zero attached hydrogens (tertiary/aromatic N) is 1. The molecule has 2 amide bonds. The number of para-hydroxylation sites is 1. The van der Waals surface area contributed by atoms with Gasteiger partial charge in [-0.15, -0.1) is 0 Å². The van der Waals surface area contributed by atoms with E-state index in [-0.39, 0.29) is 0 Å². The van der Waals surface area contributed by atoms with Gasteiger partial charge in [0.05, 0.1) is 11.4 Å². The number of rotatable bonds is 3. The Morgan fingerprint density at radius 1 is 1.10 bits per heavy atom. The Labute approximate surface area is 127 Å². The van der Waals surface area contributed by atoms with Crippen LogP contribution in [-0.2, 0) is 0 Å². The zero-order valence-corrected chi connectivity index (χ0v) is 12.1. The van der Waals surface area contributed by atoms with Crippen molar-refractivity contribution in [2.45, 2.75) is 6.92 Å². The van der Waals surface area contributed by atoms with Crippen LogP contribution in [-0.4, -0.2) is 17.0 Å². The Balaban J connectivity index is 2.11. The van der Waals surface area contributed by atoms with Crippen molar-refractivity contribution in [3.8, 4) is 0 Å². The number of benzene rings is 2. The lowest BCUT2D eigenvalue weighted by Crippen LogP contribution is -2.20. The van der Waals surface area contributed by atoms with Crippen LogP contribution in [0.4, 0.5) is 16.2 Å². The van der Waals surface area contributed by atoms with E-state index in [0.717, 1.165) is 0 Å². The molecule has 6 heteroatoms. The number of oxime groups is 1. The molecule has 0 aliphatic heterocycles. The summed E-state index contributed by atoms with van der Waals surface area (Å²) in [6, 6.07) is 13.5. The van der Waals surface area contributed by atoms with Crippen LogP contribution in [0.25, 0.3) is 0 Å². The van der Waals surface area contributed by atoms with Crippen LogP contribution in [0.1, 0.15) is 12.5 Å². The van der Waals surface area contributed by atoms with Crippen LogP contribution in [0.5, 0.6) is 0 Å². The molecule has 0 aromatic heterocycles. The molecule has 0 spiro atoms. The van der Waals surface area contributed by atoms with Gasteiger partial charge in [-0.3, -0.25) is 0 Å². The molecule has 3 N–H and O–H groups in total. The zero-order chi connectivity index (χ0) is 15.2. The Morgan fingerprint density at radius 2 is 1.76 bits per heavy atom. The van der Waals surface area contributed by atoms with Gasteiger partial charge < -0.3 is 15.8 Å². The summed E-state index contributed by atoms with van der Waals surface area (Å²) >= 11 is 5.78. The van der Waals surface area contributed by atoms with Crippen molar-refractivity contribution >= 4 is 34.7 Å². The van der Waals surface area contributed by atoms with E-state index in [1.54, 1.807) is 55.5 Å². The van der Waals surface area contributed by atoms with E-state index < -0.39 is 6.03 Å². The van der Waals surface area contributed by atoms with Crippen LogP contribution in [0.3, 0.4) is 0 Å². The van der Waals surface area contributed by atoms with E-state index in [4.69, 9.17) is 16.8 Å². The molecular formula is C15H14ClN3O2. The standard InChI is InChI=1S/C15H14ClN3O2/c1-10(19-21)13-4-2-3-5-14(13)18-15(20)17-12-8-6-11(16)7-9-12/h2-9,21H,1H3,(H2,17,18,20)/b19-10+.